The van der Waals surface area contributed by atoms with Gasteiger partial charge in [-0.1, -0.05) is 57.9 Å². The molecule has 0 radical (unpaired) electrons. The zero-order valence-corrected chi connectivity index (χ0v) is 19.4. The standard InChI is InChI=1S/C25H39N3O4/c1-2-3-4-5-6-7-8-9-14-27-15-17-28(18-16-27)25(32)20-26-24(31)13-11-21-10-12-22(29)23(30)19-21/h10-13,19,29-30H,2-9,14-18,20H2,1H3,(H,26,31). The molecule has 0 atom stereocenters. The number of hydrogen-bond donors (Lipinski definition) is 3. The van der Waals surface area contributed by atoms with E-state index in [9.17, 15) is 19.8 Å². The molecule has 1 aromatic rings. The number of rotatable bonds is 13. The van der Waals surface area contributed by atoms with Crippen LogP contribution in [0.15, 0.2) is 24.3 Å². The zero-order chi connectivity index (χ0) is 23.2. The molecular weight excluding hydrogens is 406 g/mol. The molecule has 1 aliphatic rings. The molecule has 0 aliphatic carbocycles. The van der Waals surface area contributed by atoms with Gasteiger partial charge in [-0.3, -0.25) is 14.5 Å². The maximum atomic E-state index is 12.4. The lowest BCUT2D eigenvalue weighted by molar-refractivity contribution is -0.133. The highest BCUT2D eigenvalue weighted by Crippen LogP contribution is 2.25. The number of carbonyl (C=O) groups excluding carboxylic acids is 2. The summed E-state index contributed by atoms with van der Waals surface area (Å²) < 4.78 is 0. The molecule has 0 aromatic heterocycles. The Morgan fingerprint density at radius 2 is 1.59 bits per heavy atom. The van der Waals surface area contributed by atoms with Crippen molar-refractivity contribution >= 4 is 17.9 Å². The van der Waals surface area contributed by atoms with E-state index >= 15 is 0 Å². The number of nitrogens with one attached hydrogen (secondary N) is 1. The Hall–Kier alpha value is -2.54. The van der Waals surface area contributed by atoms with Crippen LogP contribution in [0.25, 0.3) is 6.08 Å². The summed E-state index contributed by atoms with van der Waals surface area (Å²) in [6.45, 7) is 6.51. The minimum atomic E-state index is -0.376. The van der Waals surface area contributed by atoms with Gasteiger partial charge < -0.3 is 20.4 Å². The van der Waals surface area contributed by atoms with Gasteiger partial charge in [-0.2, -0.15) is 0 Å². The fourth-order valence-electron chi connectivity index (χ4n) is 3.84. The predicted octanol–water partition coefficient (Wildman–Crippen LogP) is 3.51. The van der Waals surface area contributed by atoms with E-state index in [-0.39, 0.29) is 29.9 Å². The second-order valence-corrected chi connectivity index (χ2v) is 8.50. The van der Waals surface area contributed by atoms with E-state index in [2.05, 4.69) is 17.1 Å². The summed E-state index contributed by atoms with van der Waals surface area (Å²) in [6, 6.07) is 4.29. The maximum absolute atomic E-state index is 12.4. The van der Waals surface area contributed by atoms with Gasteiger partial charge in [0.2, 0.25) is 11.8 Å². The molecule has 0 spiro atoms. The lowest BCUT2D eigenvalue weighted by Gasteiger charge is -2.34. The monoisotopic (exact) mass is 445 g/mol. The first-order chi connectivity index (χ1) is 15.5. The average molecular weight is 446 g/mol. The van der Waals surface area contributed by atoms with Crippen LogP contribution in [0.1, 0.15) is 63.9 Å². The van der Waals surface area contributed by atoms with Crippen molar-refractivity contribution < 1.29 is 19.8 Å². The topological polar surface area (TPSA) is 93.1 Å². The highest BCUT2D eigenvalue weighted by atomic mass is 16.3. The van der Waals surface area contributed by atoms with E-state index in [0.29, 0.717) is 18.7 Å². The molecule has 2 rings (SSSR count). The Morgan fingerprint density at radius 1 is 0.938 bits per heavy atom. The van der Waals surface area contributed by atoms with Crippen molar-refractivity contribution in [3.63, 3.8) is 0 Å². The molecule has 3 N–H and O–H groups in total. The number of phenols is 2. The molecule has 0 bridgehead atoms. The highest BCUT2D eigenvalue weighted by molar-refractivity contribution is 5.94. The van der Waals surface area contributed by atoms with Crippen molar-refractivity contribution in [3.8, 4) is 11.5 Å². The van der Waals surface area contributed by atoms with Gasteiger partial charge in [0, 0.05) is 32.3 Å². The first-order valence-corrected chi connectivity index (χ1v) is 12.0. The van der Waals surface area contributed by atoms with Crippen molar-refractivity contribution in [1.82, 2.24) is 15.1 Å². The number of phenolic OH excluding ortho intramolecular Hbond substituents is 2. The number of aromatic hydroxyl groups is 2. The summed E-state index contributed by atoms with van der Waals surface area (Å²) in [5.41, 5.74) is 0.578. The SMILES string of the molecule is CCCCCCCCCCN1CCN(C(=O)CNC(=O)C=Cc2ccc(O)c(O)c2)CC1. The van der Waals surface area contributed by atoms with Crippen LogP contribution in [-0.4, -0.2) is 71.1 Å². The quantitative estimate of drug-likeness (QED) is 0.245. The minimum absolute atomic E-state index is 0.0258. The molecule has 1 aromatic carbocycles. The van der Waals surface area contributed by atoms with Gasteiger partial charge in [0.1, 0.15) is 0 Å². The number of nitrogens with zero attached hydrogens (tertiary/aromatic N) is 2. The molecule has 1 aliphatic heterocycles. The van der Waals surface area contributed by atoms with Gasteiger partial charge in [0.05, 0.1) is 6.54 Å². The molecule has 178 valence electrons. The zero-order valence-electron chi connectivity index (χ0n) is 19.4. The first kappa shape index (κ1) is 25.7. The van der Waals surface area contributed by atoms with Gasteiger partial charge in [-0.25, -0.2) is 0 Å². The minimum Gasteiger partial charge on any atom is -0.504 e. The Kier molecular flexibility index (Phi) is 11.7. The first-order valence-electron chi connectivity index (χ1n) is 12.0. The fourth-order valence-corrected chi connectivity index (χ4v) is 3.84. The van der Waals surface area contributed by atoms with Gasteiger partial charge in [-0.15, -0.1) is 0 Å². The van der Waals surface area contributed by atoms with E-state index in [4.69, 9.17) is 0 Å². The largest absolute Gasteiger partial charge is 0.504 e. The molecule has 1 heterocycles. The molecule has 7 nitrogen and oxygen atoms in total. The summed E-state index contributed by atoms with van der Waals surface area (Å²) in [5.74, 6) is -0.903. The molecule has 32 heavy (non-hydrogen) atoms. The van der Waals surface area contributed by atoms with E-state index in [1.54, 1.807) is 6.07 Å². The van der Waals surface area contributed by atoms with Crippen molar-refractivity contribution in [3.05, 3.63) is 29.8 Å². The van der Waals surface area contributed by atoms with Gasteiger partial charge in [-0.05, 0) is 36.7 Å². The summed E-state index contributed by atoms with van der Waals surface area (Å²) >= 11 is 0. The number of unbranched alkanes of at least 4 members (excludes halogenated alkanes) is 7. The third-order valence-electron chi connectivity index (χ3n) is 5.89. The Morgan fingerprint density at radius 3 is 2.25 bits per heavy atom. The van der Waals surface area contributed by atoms with E-state index in [0.717, 1.165) is 19.6 Å². The summed E-state index contributed by atoms with van der Waals surface area (Å²) in [5, 5.41) is 21.4. The van der Waals surface area contributed by atoms with Crippen molar-refractivity contribution in [2.45, 2.75) is 58.3 Å². The Balaban J connectivity index is 1.56. The predicted molar refractivity (Wildman–Crippen MR) is 127 cm³/mol. The number of piperazine rings is 1. The van der Waals surface area contributed by atoms with Crippen LogP contribution < -0.4 is 5.32 Å². The van der Waals surface area contributed by atoms with E-state index in [1.807, 2.05) is 4.90 Å². The van der Waals surface area contributed by atoms with Gasteiger partial charge in [0.25, 0.3) is 0 Å². The third-order valence-corrected chi connectivity index (χ3v) is 5.89. The van der Waals surface area contributed by atoms with Gasteiger partial charge in [0.15, 0.2) is 11.5 Å². The number of amides is 2. The van der Waals surface area contributed by atoms with Crippen LogP contribution in [0.2, 0.25) is 0 Å². The second kappa shape index (κ2) is 14.5. The molecule has 2 amide bonds. The molecular formula is C25H39N3O4. The summed E-state index contributed by atoms with van der Waals surface area (Å²) in [6.07, 6.45) is 13.4. The van der Waals surface area contributed by atoms with Crippen LogP contribution >= 0.6 is 0 Å². The maximum Gasteiger partial charge on any atom is 0.244 e. The van der Waals surface area contributed by atoms with Gasteiger partial charge >= 0.3 is 0 Å². The van der Waals surface area contributed by atoms with E-state index in [1.165, 1.54) is 75.7 Å². The summed E-state index contributed by atoms with van der Waals surface area (Å²) in [7, 11) is 0. The van der Waals surface area contributed by atoms with Crippen LogP contribution in [0.5, 0.6) is 11.5 Å². The lowest BCUT2D eigenvalue weighted by Crippen LogP contribution is -2.51. The van der Waals surface area contributed by atoms with Crippen LogP contribution in [-0.2, 0) is 9.59 Å². The van der Waals surface area contributed by atoms with E-state index < -0.39 is 0 Å². The summed E-state index contributed by atoms with van der Waals surface area (Å²) in [4.78, 5) is 28.6. The Bertz CT molecular complexity index is 743. The normalized spacial score (nSPS) is 14.7. The van der Waals surface area contributed by atoms with Crippen LogP contribution in [0.4, 0.5) is 0 Å². The highest BCUT2D eigenvalue weighted by Gasteiger charge is 2.20. The van der Waals surface area contributed by atoms with Crippen LogP contribution in [0, 0.1) is 0 Å². The lowest BCUT2D eigenvalue weighted by atomic mass is 10.1. The Labute approximate surface area is 192 Å². The number of carbonyl (C=O) groups is 2. The van der Waals surface area contributed by atoms with Crippen molar-refractivity contribution in [2.75, 3.05) is 39.3 Å². The van der Waals surface area contributed by atoms with Crippen LogP contribution in [0.3, 0.4) is 0 Å². The average Bonchev–Trinajstić information content (AvgIpc) is 2.80. The van der Waals surface area contributed by atoms with Crippen molar-refractivity contribution in [1.29, 1.82) is 0 Å². The third kappa shape index (κ3) is 9.73. The number of benzene rings is 1. The fraction of sp³-hybridized carbons (Fsp3) is 0.600. The second-order valence-electron chi connectivity index (χ2n) is 8.50. The molecule has 0 unspecified atom stereocenters. The van der Waals surface area contributed by atoms with Crippen molar-refractivity contribution in [2.24, 2.45) is 0 Å². The number of hydrogen-bond acceptors (Lipinski definition) is 5. The smallest absolute Gasteiger partial charge is 0.244 e. The molecule has 0 saturated carbocycles. The molecule has 7 heteroatoms. The molecule has 1 fully saturated rings. The molecule has 1 saturated heterocycles.